The molecule has 0 saturated heterocycles. The summed E-state index contributed by atoms with van der Waals surface area (Å²) in [6, 6.07) is 8.94. The number of hydrogen-bond acceptors (Lipinski definition) is 2. The van der Waals surface area contributed by atoms with Crippen molar-refractivity contribution in [3.63, 3.8) is 0 Å². The molecule has 1 amide bonds. The van der Waals surface area contributed by atoms with E-state index in [1.165, 1.54) is 0 Å². The van der Waals surface area contributed by atoms with Gasteiger partial charge in [0, 0.05) is 5.56 Å². The zero-order chi connectivity index (χ0) is 11.4. The van der Waals surface area contributed by atoms with Gasteiger partial charge in [-0.05, 0) is 31.1 Å². The Hall–Kier alpha value is -2.03. The third-order valence-corrected chi connectivity index (χ3v) is 2.41. The Morgan fingerprint density at radius 3 is 2.50 bits per heavy atom. The van der Waals surface area contributed by atoms with Crippen LogP contribution in [0.1, 0.15) is 23.2 Å². The molecule has 16 heavy (non-hydrogen) atoms. The Morgan fingerprint density at radius 1 is 1.12 bits per heavy atom. The second kappa shape index (κ2) is 4.66. The molecule has 0 saturated carbocycles. The summed E-state index contributed by atoms with van der Waals surface area (Å²) < 4.78 is 0. The van der Waals surface area contributed by atoms with Crippen molar-refractivity contribution in [3.8, 4) is 0 Å². The van der Waals surface area contributed by atoms with Gasteiger partial charge in [-0.3, -0.25) is 4.79 Å². The topological polar surface area (TPSA) is 49.3 Å². The van der Waals surface area contributed by atoms with Gasteiger partial charge in [-0.2, -0.15) is 0 Å². The maximum atomic E-state index is 11.8. The van der Waals surface area contributed by atoms with Crippen molar-refractivity contribution in [2.45, 2.75) is 12.8 Å². The number of rotatable bonds is 2. The highest BCUT2D eigenvalue weighted by molar-refractivity contribution is 5.95. The van der Waals surface area contributed by atoms with Crippen LogP contribution in [-0.4, -0.2) is 11.0 Å². The molecule has 2 rings (SSSR count). The minimum Gasteiger partial charge on any atom is -0.506 e. The molecule has 1 aliphatic rings. The summed E-state index contributed by atoms with van der Waals surface area (Å²) in [7, 11) is 0. The highest BCUT2D eigenvalue weighted by Crippen LogP contribution is 2.14. The summed E-state index contributed by atoms with van der Waals surface area (Å²) in [5.74, 6) is -0.0516. The van der Waals surface area contributed by atoms with Crippen LogP contribution in [0.2, 0.25) is 0 Å². The second-order valence-electron chi connectivity index (χ2n) is 3.60. The lowest BCUT2D eigenvalue weighted by molar-refractivity contribution is 0.0963. The number of aliphatic hydroxyl groups is 1. The van der Waals surface area contributed by atoms with Gasteiger partial charge in [-0.25, -0.2) is 0 Å². The molecule has 0 heterocycles. The van der Waals surface area contributed by atoms with Gasteiger partial charge in [-0.15, -0.1) is 0 Å². The lowest BCUT2D eigenvalue weighted by Crippen LogP contribution is -2.24. The highest BCUT2D eigenvalue weighted by Gasteiger charge is 2.11. The zero-order valence-electron chi connectivity index (χ0n) is 8.81. The number of benzene rings is 1. The molecule has 3 nitrogen and oxygen atoms in total. The van der Waals surface area contributed by atoms with Crippen LogP contribution >= 0.6 is 0 Å². The smallest absolute Gasteiger partial charge is 0.255 e. The predicted octanol–water partition coefficient (Wildman–Crippen LogP) is 2.54. The quantitative estimate of drug-likeness (QED) is 0.796. The molecule has 1 aromatic rings. The Balaban J connectivity index is 2.09. The standard InChI is InChI=1S/C13H13NO2/c15-12-9-5-4-8-11(12)14-13(16)10-6-2-1-3-7-10/h1-3,6-9,15H,4-5H2,(H,14,16). The van der Waals surface area contributed by atoms with Crippen molar-refractivity contribution in [1.82, 2.24) is 5.32 Å². The predicted molar refractivity (Wildman–Crippen MR) is 61.9 cm³/mol. The van der Waals surface area contributed by atoms with Gasteiger partial charge in [0.05, 0.1) is 5.70 Å². The molecule has 3 heteroatoms. The molecule has 0 atom stereocenters. The van der Waals surface area contributed by atoms with Gasteiger partial charge in [0.25, 0.3) is 5.91 Å². The van der Waals surface area contributed by atoms with Crippen molar-refractivity contribution in [3.05, 3.63) is 59.5 Å². The van der Waals surface area contributed by atoms with Crippen LogP contribution in [0.15, 0.2) is 53.9 Å². The van der Waals surface area contributed by atoms with Crippen LogP contribution in [0.25, 0.3) is 0 Å². The SMILES string of the molecule is O=C(NC1=CCCC=C1O)c1ccccc1. The first kappa shape index (κ1) is 10.5. The van der Waals surface area contributed by atoms with E-state index in [4.69, 9.17) is 0 Å². The van der Waals surface area contributed by atoms with Gasteiger partial charge in [-0.1, -0.05) is 24.3 Å². The maximum absolute atomic E-state index is 11.8. The molecule has 1 aliphatic carbocycles. The van der Waals surface area contributed by atoms with Crippen molar-refractivity contribution in [2.24, 2.45) is 0 Å². The average molecular weight is 215 g/mol. The molecule has 0 fully saturated rings. The Kier molecular flexibility index (Phi) is 3.05. The van der Waals surface area contributed by atoms with E-state index in [2.05, 4.69) is 5.32 Å². The van der Waals surface area contributed by atoms with E-state index in [1.54, 1.807) is 30.3 Å². The summed E-state index contributed by atoms with van der Waals surface area (Å²) in [6.45, 7) is 0. The fourth-order valence-corrected chi connectivity index (χ4v) is 1.56. The molecule has 0 unspecified atom stereocenters. The fourth-order valence-electron chi connectivity index (χ4n) is 1.56. The summed E-state index contributed by atoms with van der Waals surface area (Å²) in [5, 5.41) is 12.2. The van der Waals surface area contributed by atoms with Gasteiger partial charge < -0.3 is 10.4 Å². The third kappa shape index (κ3) is 2.31. The van der Waals surface area contributed by atoms with Gasteiger partial charge in [0.2, 0.25) is 0 Å². The van der Waals surface area contributed by atoms with E-state index in [1.807, 2.05) is 12.1 Å². The molecule has 1 aromatic carbocycles. The zero-order valence-corrected chi connectivity index (χ0v) is 8.81. The van der Waals surface area contributed by atoms with E-state index >= 15 is 0 Å². The average Bonchev–Trinajstić information content (AvgIpc) is 2.33. The number of amides is 1. The van der Waals surface area contributed by atoms with E-state index in [-0.39, 0.29) is 11.7 Å². The molecule has 0 bridgehead atoms. The number of aliphatic hydroxyl groups excluding tert-OH is 1. The molecule has 0 radical (unpaired) electrons. The van der Waals surface area contributed by atoms with Crippen molar-refractivity contribution in [1.29, 1.82) is 0 Å². The molecule has 82 valence electrons. The number of hydrogen-bond donors (Lipinski definition) is 2. The van der Waals surface area contributed by atoms with E-state index in [0.29, 0.717) is 11.3 Å². The molecular formula is C13H13NO2. The highest BCUT2D eigenvalue weighted by atomic mass is 16.3. The summed E-state index contributed by atoms with van der Waals surface area (Å²) in [6.07, 6.45) is 5.20. The summed E-state index contributed by atoms with van der Waals surface area (Å²) in [4.78, 5) is 11.8. The van der Waals surface area contributed by atoms with Gasteiger partial charge >= 0.3 is 0 Å². The van der Waals surface area contributed by atoms with E-state index in [0.717, 1.165) is 12.8 Å². The van der Waals surface area contributed by atoms with Gasteiger partial charge in [0.15, 0.2) is 0 Å². The molecule has 0 aliphatic heterocycles. The summed E-state index contributed by atoms with van der Waals surface area (Å²) in [5.41, 5.74) is 1.09. The third-order valence-electron chi connectivity index (χ3n) is 2.41. The molecule has 0 spiro atoms. The minimum atomic E-state index is -0.200. The first-order chi connectivity index (χ1) is 7.77. The summed E-state index contributed by atoms with van der Waals surface area (Å²) >= 11 is 0. The van der Waals surface area contributed by atoms with Crippen molar-refractivity contribution in [2.75, 3.05) is 0 Å². The van der Waals surface area contributed by atoms with Crippen LogP contribution in [0.3, 0.4) is 0 Å². The first-order valence-corrected chi connectivity index (χ1v) is 5.23. The fraction of sp³-hybridized carbons (Fsp3) is 0.154. The van der Waals surface area contributed by atoms with Crippen molar-refractivity contribution >= 4 is 5.91 Å². The lowest BCUT2D eigenvalue weighted by atomic mass is 10.1. The Labute approximate surface area is 94.1 Å². The number of allylic oxidation sites excluding steroid dienone is 2. The van der Waals surface area contributed by atoms with Crippen LogP contribution < -0.4 is 5.32 Å². The molecule has 2 N–H and O–H groups in total. The largest absolute Gasteiger partial charge is 0.506 e. The van der Waals surface area contributed by atoms with Gasteiger partial charge in [0.1, 0.15) is 5.76 Å². The number of carbonyl (C=O) groups excluding carboxylic acids is 1. The van der Waals surface area contributed by atoms with Crippen molar-refractivity contribution < 1.29 is 9.90 Å². The van der Waals surface area contributed by atoms with Crippen LogP contribution in [0.4, 0.5) is 0 Å². The molecule has 0 aromatic heterocycles. The number of carbonyl (C=O) groups is 1. The Bertz CT molecular complexity index is 446. The maximum Gasteiger partial charge on any atom is 0.255 e. The second-order valence-corrected chi connectivity index (χ2v) is 3.60. The first-order valence-electron chi connectivity index (χ1n) is 5.23. The number of nitrogens with one attached hydrogen (secondary N) is 1. The van der Waals surface area contributed by atoms with E-state index < -0.39 is 0 Å². The minimum absolute atomic E-state index is 0.149. The van der Waals surface area contributed by atoms with Crippen LogP contribution in [0, 0.1) is 0 Å². The van der Waals surface area contributed by atoms with Crippen LogP contribution in [-0.2, 0) is 0 Å². The van der Waals surface area contributed by atoms with Crippen LogP contribution in [0.5, 0.6) is 0 Å². The monoisotopic (exact) mass is 215 g/mol. The molecular weight excluding hydrogens is 202 g/mol. The normalized spacial score (nSPS) is 15.0. The Morgan fingerprint density at radius 2 is 1.81 bits per heavy atom. The van der Waals surface area contributed by atoms with E-state index in [9.17, 15) is 9.90 Å². The lowest BCUT2D eigenvalue weighted by Gasteiger charge is -2.12.